The summed E-state index contributed by atoms with van der Waals surface area (Å²) < 4.78 is 27.0. The molecule has 0 aromatic carbocycles. The van der Waals surface area contributed by atoms with E-state index in [-0.39, 0.29) is 5.03 Å². The van der Waals surface area contributed by atoms with Crippen molar-refractivity contribution in [2.24, 2.45) is 0 Å². The zero-order valence-corrected chi connectivity index (χ0v) is 13.2. The molecule has 7 nitrogen and oxygen atoms in total. The molecule has 2 N–H and O–H groups in total. The topological polar surface area (TPSA) is 81.3 Å². The molecular formula is C13H23N5O2S. The third-order valence-corrected chi connectivity index (χ3v) is 6.09. The van der Waals surface area contributed by atoms with E-state index in [2.05, 4.69) is 20.4 Å². The lowest BCUT2D eigenvalue weighted by Crippen LogP contribution is -2.49. The fourth-order valence-electron chi connectivity index (χ4n) is 2.79. The van der Waals surface area contributed by atoms with Crippen molar-refractivity contribution in [3.63, 3.8) is 0 Å². The van der Waals surface area contributed by atoms with Gasteiger partial charge in [0.1, 0.15) is 0 Å². The molecule has 8 heteroatoms. The summed E-state index contributed by atoms with van der Waals surface area (Å²) in [6.07, 6.45) is 4.12. The minimum absolute atomic E-state index is 0.239. The van der Waals surface area contributed by atoms with Crippen molar-refractivity contribution in [1.82, 2.24) is 24.7 Å². The minimum Gasteiger partial charge on any atom is -0.313 e. The van der Waals surface area contributed by atoms with Gasteiger partial charge in [-0.05, 0) is 19.4 Å². The van der Waals surface area contributed by atoms with Gasteiger partial charge < -0.3 is 5.32 Å². The molecule has 0 spiro atoms. The number of nitrogens with zero attached hydrogens (tertiary/aromatic N) is 3. The number of aromatic nitrogens is 2. The Hall–Kier alpha value is -0.960. The number of rotatable bonds is 6. The lowest BCUT2D eigenvalue weighted by atomic mass is 10.3. The molecule has 0 bridgehead atoms. The number of sulfonamides is 1. The molecule has 0 atom stereocenters. The fraction of sp³-hybridized carbons (Fsp3) is 0.769. The van der Waals surface area contributed by atoms with Crippen molar-refractivity contribution in [3.8, 4) is 0 Å². The van der Waals surface area contributed by atoms with E-state index < -0.39 is 10.0 Å². The second-order valence-corrected chi connectivity index (χ2v) is 7.55. The first kappa shape index (κ1) is 15.0. The van der Waals surface area contributed by atoms with E-state index in [9.17, 15) is 8.42 Å². The molecule has 3 rings (SSSR count). The number of hydrogen-bond donors (Lipinski definition) is 2. The standard InChI is InChI=1S/C13H23N5O2S/c1-2-14-9-11-10-15-16-13(11)21(19,20)18-7-5-17(6-8-18)12-3-4-12/h10,12,14H,2-9H2,1H3,(H,15,16). The summed E-state index contributed by atoms with van der Waals surface area (Å²) in [6, 6.07) is 0.700. The van der Waals surface area contributed by atoms with Crippen molar-refractivity contribution in [3.05, 3.63) is 11.8 Å². The molecule has 2 aliphatic rings. The lowest BCUT2D eigenvalue weighted by molar-refractivity contribution is 0.180. The van der Waals surface area contributed by atoms with Crippen molar-refractivity contribution >= 4 is 10.0 Å². The summed E-state index contributed by atoms with van der Waals surface area (Å²) in [4.78, 5) is 2.40. The van der Waals surface area contributed by atoms with Crippen LogP contribution in [0, 0.1) is 0 Å². The molecule has 1 aliphatic heterocycles. The van der Waals surface area contributed by atoms with Gasteiger partial charge in [0.2, 0.25) is 0 Å². The third kappa shape index (κ3) is 3.13. The molecule has 1 saturated carbocycles. The Labute approximate surface area is 125 Å². The normalized spacial score (nSPS) is 21.8. The first-order chi connectivity index (χ1) is 10.1. The van der Waals surface area contributed by atoms with E-state index in [1.807, 2.05) is 6.92 Å². The van der Waals surface area contributed by atoms with E-state index in [0.29, 0.717) is 31.2 Å². The van der Waals surface area contributed by atoms with Crippen LogP contribution < -0.4 is 5.32 Å². The summed E-state index contributed by atoms with van der Waals surface area (Å²) in [5.74, 6) is 0. The monoisotopic (exact) mass is 313 g/mol. The van der Waals surface area contributed by atoms with Crippen LogP contribution in [0.4, 0.5) is 0 Å². The van der Waals surface area contributed by atoms with Crippen LogP contribution in [0.15, 0.2) is 11.2 Å². The molecule has 0 radical (unpaired) electrons. The first-order valence-electron chi connectivity index (χ1n) is 7.60. The van der Waals surface area contributed by atoms with E-state index in [1.54, 1.807) is 10.5 Å². The Bertz CT molecular complexity index is 573. The van der Waals surface area contributed by atoms with Crippen LogP contribution in [0.3, 0.4) is 0 Å². The van der Waals surface area contributed by atoms with Gasteiger partial charge in [0.25, 0.3) is 10.0 Å². The van der Waals surface area contributed by atoms with Gasteiger partial charge in [-0.15, -0.1) is 0 Å². The molecule has 2 fully saturated rings. The second kappa shape index (κ2) is 6.04. The third-order valence-electron chi connectivity index (χ3n) is 4.18. The largest absolute Gasteiger partial charge is 0.313 e. The molecular weight excluding hydrogens is 290 g/mol. The van der Waals surface area contributed by atoms with E-state index in [0.717, 1.165) is 19.6 Å². The highest BCUT2D eigenvalue weighted by atomic mass is 32.2. The van der Waals surface area contributed by atoms with Gasteiger partial charge in [-0.3, -0.25) is 10.00 Å². The SMILES string of the molecule is CCNCc1cn[nH]c1S(=O)(=O)N1CCN(C2CC2)CC1. The van der Waals surface area contributed by atoms with Crippen LogP contribution in [-0.2, 0) is 16.6 Å². The number of aromatic amines is 1. The average molecular weight is 313 g/mol. The van der Waals surface area contributed by atoms with Crippen LogP contribution in [0.1, 0.15) is 25.3 Å². The summed E-state index contributed by atoms with van der Waals surface area (Å²) in [6.45, 7) is 6.11. The van der Waals surface area contributed by atoms with Gasteiger partial charge in [0.05, 0.1) is 6.20 Å². The molecule has 0 amide bonds. The summed E-state index contributed by atoms with van der Waals surface area (Å²) in [5.41, 5.74) is 0.710. The molecule has 0 unspecified atom stereocenters. The Balaban J connectivity index is 1.70. The predicted octanol–water partition coefficient (Wildman–Crippen LogP) is -0.0121. The Kier molecular flexibility index (Phi) is 4.30. The van der Waals surface area contributed by atoms with Crippen LogP contribution in [-0.4, -0.2) is 66.6 Å². The minimum atomic E-state index is -3.46. The maximum absolute atomic E-state index is 12.7. The van der Waals surface area contributed by atoms with Crippen molar-refractivity contribution in [2.45, 2.75) is 37.4 Å². The van der Waals surface area contributed by atoms with Crippen molar-refractivity contribution in [1.29, 1.82) is 0 Å². The first-order valence-corrected chi connectivity index (χ1v) is 9.04. The zero-order valence-electron chi connectivity index (χ0n) is 12.4. The van der Waals surface area contributed by atoms with E-state index >= 15 is 0 Å². The van der Waals surface area contributed by atoms with E-state index in [1.165, 1.54) is 12.8 Å². The molecule has 118 valence electrons. The molecule has 1 aromatic rings. The number of hydrogen-bond acceptors (Lipinski definition) is 5. The molecule has 1 aromatic heterocycles. The van der Waals surface area contributed by atoms with Gasteiger partial charge in [0.15, 0.2) is 5.03 Å². The van der Waals surface area contributed by atoms with Gasteiger partial charge in [-0.25, -0.2) is 8.42 Å². The Morgan fingerprint density at radius 2 is 2.05 bits per heavy atom. The van der Waals surface area contributed by atoms with Gasteiger partial charge in [-0.2, -0.15) is 9.40 Å². The zero-order chi connectivity index (χ0) is 14.9. The summed E-state index contributed by atoms with van der Waals surface area (Å²) in [5, 5.41) is 9.96. The molecule has 1 aliphatic carbocycles. The second-order valence-electron chi connectivity index (χ2n) is 5.68. The summed E-state index contributed by atoms with van der Waals surface area (Å²) in [7, 11) is -3.46. The van der Waals surface area contributed by atoms with E-state index in [4.69, 9.17) is 0 Å². The van der Waals surface area contributed by atoms with Crippen LogP contribution in [0.25, 0.3) is 0 Å². The number of nitrogens with one attached hydrogen (secondary N) is 2. The number of H-pyrrole nitrogens is 1. The average Bonchev–Trinajstić information content (AvgIpc) is 3.23. The highest BCUT2D eigenvalue weighted by Gasteiger charge is 2.36. The Morgan fingerprint density at radius 1 is 1.33 bits per heavy atom. The molecule has 21 heavy (non-hydrogen) atoms. The highest BCUT2D eigenvalue weighted by molar-refractivity contribution is 7.89. The van der Waals surface area contributed by atoms with Crippen molar-refractivity contribution in [2.75, 3.05) is 32.7 Å². The summed E-state index contributed by atoms with van der Waals surface area (Å²) >= 11 is 0. The maximum Gasteiger partial charge on any atom is 0.260 e. The van der Waals surface area contributed by atoms with Gasteiger partial charge >= 0.3 is 0 Å². The smallest absolute Gasteiger partial charge is 0.260 e. The lowest BCUT2D eigenvalue weighted by Gasteiger charge is -2.33. The van der Waals surface area contributed by atoms with Crippen LogP contribution in [0.5, 0.6) is 0 Å². The van der Waals surface area contributed by atoms with Crippen molar-refractivity contribution < 1.29 is 8.42 Å². The fourth-order valence-corrected chi connectivity index (χ4v) is 4.31. The predicted molar refractivity (Wildman–Crippen MR) is 79.3 cm³/mol. The van der Waals surface area contributed by atoms with Crippen LogP contribution >= 0.6 is 0 Å². The Morgan fingerprint density at radius 3 is 2.67 bits per heavy atom. The highest BCUT2D eigenvalue weighted by Crippen LogP contribution is 2.28. The quantitative estimate of drug-likeness (QED) is 0.772. The maximum atomic E-state index is 12.7. The number of piperazine rings is 1. The van der Waals surface area contributed by atoms with Gasteiger partial charge in [-0.1, -0.05) is 6.92 Å². The van der Waals surface area contributed by atoms with Gasteiger partial charge in [0, 0.05) is 44.3 Å². The molecule has 1 saturated heterocycles. The molecule has 2 heterocycles. The van der Waals surface area contributed by atoms with Crippen LogP contribution in [0.2, 0.25) is 0 Å².